The van der Waals surface area contributed by atoms with E-state index in [0.29, 0.717) is 12.4 Å². The van der Waals surface area contributed by atoms with Gasteiger partial charge in [0.1, 0.15) is 11.6 Å². The summed E-state index contributed by atoms with van der Waals surface area (Å²) in [6, 6.07) is 23.2. The molecule has 0 bridgehead atoms. The van der Waals surface area contributed by atoms with Crippen molar-refractivity contribution < 1.29 is 9.53 Å². The molecule has 0 aliphatic carbocycles. The number of hydrogen-bond acceptors (Lipinski definition) is 4. The molecule has 0 saturated carbocycles. The normalized spacial score (nSPS) is 10.2. The highest BCUT2D eigenvalue weighted by atomic mass is 16.5. The van der Waals surface area contributed by atoms with E-state index in [1.54, 1.807) is 12.3 Å². The lowest BCUT2D eigenvalue weighted by atomic mass is 10.2. The smallest absolute Gasteiger partial charge is 0.228 e. The van der Waals surface area contributed by atoms with E-state index in [0.717, 1.165) is 18.0 Å². The van der Waals surface area contributed by atoms with Crippen LogP contribution in [-0.4, -0.2) is 17.5 Å². The Morgan fingerprint density at radius 3 is 2.35 bits per heavy atom. The average Bonchev–Trinajstić information content (AvgIpc) is 2.69. The average molecular weight is 347 g/mol. The Kier molecular flexibility index (Phi) is 6.20. The predicted molar refractivity (Wildman–Crippen MR) is 103 cm³/mol. The van der Waals surface area contributed by atoms with Gasteiger partial charge in [0.05, 0.1) is 24.9 Å². The molecule has 5 nitrogen and oxygen atoms in total. The van der Waals surface area contributed by atoms with Gasteiger partial charge >= 0.3 is 0 Å². The molecule has 0 aliphatic rings. The number of amides is 1. The van der Waals surface area contributed by atoms with Crippen LogP contribution >= 0.6 is 0 Å². The van der Waals surface area contributed by atoms with E-state index < -0.39 is 0 Å². The zero-order valence-electron chi connectivity index (χ0n) is 14.4. The maximum absolute atomic E-state index is 12.0. The number of ether oxygens (including phenoxy) is 1. The number of benzene rings is 2. The maximum Gasteiger partial charge on any atom is 0.228 e. The number of aromatic nitrogens is 1. The van der Waals surface area contributed by atoms with Crippen molar-refractivity contribution in [3.63, 3.8) is 0 Å². The second-order valence-corrected chi connectivity index (χ2v) is 5.73. The van der Waals surface area contributed by atoms with Gasteiger partial charge in [-0.05, 0) is 29.8 Å². The molecule has 1 amide bonds. The zero-order chi connectivity index (χ0) is 18.0. The summed E-state index contributed by atoms with van der Waals surface area (Å²) < 4.78 is 5.52. The highest BCUT2D eigenvalue weighted by molar-refractivity contribution is 5.89. The second-order valence-electron chi connectivity index (χ2n) is 5.73. The highest BCUT2D eigenvalue weighted by Crippen LogP contribution is 2.12. The number of carbonyl (C=O) groups excluding carboxylic acids is 1. The van der Waals surface area contributed by atoms with Crippen LogP contribution in [0.15, 0.2) is 79.0 Å². The van der Waals surface area contributed by atoms with Crippen molar-refractivity contribution in [2.24, 2.45) is 0 Å². The van der Waals surface area contributed by atoms with Gasteiger partial charge in [0.25, 0.3) is 0 Å². The molecular weight excluding hydrogens is 326 g/mol. The molecule has 0 spiro atoms. The van der Waals surface area contributed by atoms with Crippen LogP contribution in [0.1, 0.15) is 12.0 Å². The molecule has 0 unspecified atom stereocenters. The lowest BCUT2D eigenvalue weighted by Crippen LogP contribution is -2.16. The fraction of sp³-hybridized carbons (Fsp3) is 0.143. The van der Waals surface area contributed by atoms with E-state index in [2.05, 4.69) is 27.8 Å². The van der Waals surface area contributed by atoms with Gasteiger partial charge in [0.2, 0.25) is 5.91 Å². The second kappa shape index (κ2) is 9.22. The molecule has 0 aliphatic heterocycles. The first kappa shape index (κ1) is 17.5. The summed E-state index contributed by atoms with van der Waals surface area (Å²) in [5.74, 6) is 1.16. The van der Waals surface area contributed by atoms with Crippen LogP contribution in [0.5, 0.6) is 5.75 Å². The van der Waals surface area contributed by atoms with Gasteiger partial charge in [-0.2, -0.15) is 0 Å². The van der Waals surface area contributed by atoms with Crippen molar-refractivity contribution >= 4 is 17.4 Å². The molecule has 0 saturated heterocycles. The number of hydrogen-bond donors (Lipinski definition) is 2. The Balaban J connectivity index is 1.41. The molecule has 26 heavy (non-hydrogen) atoms. The third kappa shape index (κ3) is 5.63. The molecule has 3 rings (SSSR count). The van der Waals surface area contributed by atoms with Crippen LogP contribution < -0.4 is 15.4 Å². The molecule has 2 aromatic carbocycles. The minimum atomic E-state index is -0.126. The molecule has 5 heteroatoms. The standard InChI is InChI=1S/C21H21N3O2/c25-21(13-14-26-19-9-5-2-6-10-19)24-20-12-11-18(16-23-20)22-15-17-7-3-1-4-8-17/h1-12,16,22H,13-15H2,(H,23,24,25). The van der Waals surface area contributed by atoms with Crippen molar-refractivity contribution in [1.82, 2.24) is 4.98 Å². The Morgan fingerprint density at radius 2 is 1.65 bits per heavy atom. The monoisotopic (exact) mass is 347 g/mol. The molecule has 0 radical (unpaired) electrons. The maximum atomic E-state index is 12.0. The molecule has 132 valence electrons. The Hall–Kier alpha value is -3.34. The lowest BCUT2D eigenvalue weighted by Gasteiger charge is -2.09. The fourth-order valence-corrected chi connectivity index (χ4v) is 2.36. The van der Waals surface area contributed by atoms with Crippen LogP contribution in [0.4, 0.5) is 11.5 Å². The third-order valence-corrected chi connectivity index (χ3v) is 3.71. The van der Waals surface area contributed by atoms with Gasteiger partial charge in [-0.15, -0.1) is 0 Å². The van der Waals surface area contributed by atoms with Gasteiger partial charge in [-0.1, -0.05) is 48.5 Å². The molecule has 1 heterocycles. The summed E-state index contributed by atoms with van der Waals surface area (Å²) in [6.45, 7) is 1.05. The number of rotatable bonds is 8. The van der Waals surface area contributed by atoms with Crippen LogP contribution in [-0.2, 0) is 11.3 Å². The summed E-state index contributed by atoms with van der Waals surface area (Å²) in [4.78, 5) is 16.2. The van der Waals surface area contributed by atoms with Crippen molar-refractivity contribution in [3.05, 3.63) is 84.6 Å². The number of carbonyl (C=O) groups is 1. The summed E-state index contributed by atoms with van der Waals surface area (Å²) in [5, 5.41) is 6.07. The first-order valence-corrected chi connectivity index (χ1v) is 8.51. The Bertz CT molecular complexity index is 806. The number of nitrogens with zero attached hydrogens (tertiary/aromatic N) is 1. The van der Waals surface area contributed by atoms with Crippen LogP contribution in [0.3, 0.4) is 0 Å². The zero-order valence-corrected chi connectivity index (χ0v) is 14.4. The van der Waals surface area contributed by atoms with Gasteiger partial charge < -0.3 is 15.4 Å². The van der Waals surface area contributed by atoms with E-state index >= 15 is 0 Å². The fourth-order valence-electron chi connectivity index (χ4n) is 2.36. The quantitative estimate of drug-likeness (QED) is 0.644. The van der Waals surface area contributed by atoms with E-state index in [-0.39, 0.29) is 12.3 Å². The summed E-state index contributed by atoms with van der Waals surface area (Å²) in [5.41, 5.74) is 2.10. The first-order chi connectivity index (χ1) is 12.8. The third-order valence-electron chi connectivity index (χ3n) is 3.71. The summed E-state index contributed by atoms with van der Waals surface area (Å²) in [6.07, 6.45) is 1.98. The predicted octanol–water partition coefficient (Wildman–Crippen LogP) is 4.10. The molecular formula is C21H21N3O2. The molecule has 2 N–H and O–H groups in total. The van der Waals surface area contributed by atoms with Crippen LogP contribution in [0, 0.1) is 0 Å². The summed E-state index contributed by atoms with van der Waals surface area (Å²) >= 11 is 0. The number of pyridine rings is 1. The van der Waals surface area contributed by atoms with Crippen molar-refractivity contribution in [2.75, 3.05) is 17.2 Å². The number of para-hydroxylation sites is 1. The molecule has 3 aromatic rings. The minimum absolute atomic E-state index is 0.126. The molecule has 1 aromatic heterocycles. The van der Waals surface area contributed by atoms with Gasteiger partial charge in [0.15, 0.2) is 0 Å². The number of anilines is 2. The lowest BCUT2D eigenvalue weighted by molar-refractivity contribution is -0.116. The van der Waals surface area contributed by atoms with Gasteiger partial charge in [0, 0.05) is 6.54 Å². The topological polar surface area (TPSA) is 63.2 Å². The van der Waals surface area contributed by atoms with E-state index in [9.17, 15) is 4.79 Å². The van der Waals surface area contributed by atoms with Gasteiger partial charge in [-0.3, -0.25) is 4.79 Å². The Labute approximate surface area is 153 Å². The van der Waals surface area contributed by atoms with E-state index in [4.69, 9.17) is 4.74 Å². The largest absolute Gasteiger partial charge is 0.493 e. The first-order valence-electron chi connectivity index (χ1n) is 8.51. The number of nitrogens with one attached hydrogen (secondary N) is 2. The van der Waals surface area contributed by atoms with Crippen molar-refractivity contribution in [1.29, 1.82) is 0 Å². The Morgan fingerprint density at radius 1 is 0.923 bits per heavy atom. The van der Waals surface area contributed by atoms with Crippen molar-refractivity contribution in [3.8, 4) is 5.75 Å². The van der Waals surface area contributed by atoms with Crippen LogP contribution in [0.25, 0.3) is 0 Å². The molecule has 0 atom stereocenters. The van der Waals surface area contributed by atoms with Gasteiger partial charge in [-0.25, -0.2) is 4.98 Å². The highest BCUT2D eigenvalue weighted by Gasteiger charge is 2.04. The van der Waals surface area contributed by atoms with Crippen LogP contribution in [0.2, 0.25) is 0 Å². The minimum Gasteiger partial charge on any atom is -0.493 e. The van der Waals surface area contributed by atoms with Crippen molar-refractivity contribution in [2.45, 2.75) is 13.0 Å². The van der Waals surface area contributed by atoms with E-state index in [1.807, 2.05) is 54.6 Å². The summed E-state index contributed by atoms with van der Waals surface area (Å²) in [7, 11) is 0. The SMILES string of the molecule is O=C(CCOc1ccccc1)Nc1ccc(NCc2ccccc2)cn1. The van der Waals surface area contributed by atoms with E-state index in [1.165, 1.54) is 5.56 Å². The molecule has 0 fully saturated rings.